The maximum absolute atomic E-state index is 13.4. The Morgan fingerprint density at radius 1 is 1.07 bits per heavy atom. The Bertz CT molecular complexity index is 1210. The van der Waals surface area contributed by atoms with E-state index in [1.807, 2.05) is 32.0 Å². The molecule has 1 N–H and O–H groups in total. The van der Waals surface area contributed by atoms with E-state index in [4.69, 9.17) is 0 Å². The van der Waals surface area contributed by atoms with E-state index < -0.39 is 21.2 Å². The standard InChI is InChI=1S/C20H20N2O4S2/c1-12-6-5-7-13(2)18(12)22-19(24)14-8-3-4-9-15(14)21-20(22)27-17-11-28(25,26)10-16(17)23/h3-9,16-17,23H,10-11H2,1-2H3/t16-,17+/m0/s1. The summed E-state index contributed by atoms with van der Waals surface area (Å²) in [5.74, 6) is -0.389. The molecule has 0 unspecified atom stereocenters. The summed E-state index contributed by atoms with van der Waals surface area (Å²) in [6.07, 6.45) is -0.982. The molecule has 0 saturated carbocycles. The third-order valence-corrected chi connectivity index (χ3v) is 8.13. The van der Waals surface area contributed by atoms with Crippen LogP contribution in [0, 0.1) is 13.8 Å². The van der Waals surface area contributed by atoms with E-state index in [0.717, 1.165) is 28.6 Å². The summed E-state index contributed by atoms with van der Waals surface area (Å²) in [5, 5.41) is 10.5. The molecule has 6 nitrogen and oxygen atoms in total. The normalized spacial score (nSPS) is 21.2. The van der Waals surface area contributed by atoms with Gasteiger partial charge in [0.1, 0.15) is 0 Å². The van der Waals surface area contributed by atoms with Crippen molar-refractivity contribution in [2.45, 2.75) is 30.4 Å². The lowest BCUT2D eigenvalue weighted by Crippen LogP contribution is -2.26. The maximum Gasteiger partial charge on any atom is 0.266 e. The third kappa shape index (κ3) is 3.36. The molecule has 2 aromatic carbocycles. The number of benzene rings is 2. The van der Waals surface area contributed by atoms with Crippen molar-refractivity contribution in [1.29, 1.82) is 0 Å². The van der Waals surface area contributed by atoms with E-state index in [1.165, 1.54) is 0 Å². The van der Waals surface area contributed by atoms with Crippen molar-refractivity contribution in [3.63, 3.8) is 0 Å². The number of hydrogen-bond donors (Lipinski definition) is 1. The molecule has 8 heteroatoms. The van der Waals surface area contributed by atoms with Crippen LogP contribution < -0.4 is 5.56 Å². The van der Waals surface area contributed by atoms with Gasteiger partial charge in [-0.05, 0) is 37.1 Å². The minimum Gasteiger partial charge on any atom is -0.391 e. The van der Waals surface area contributed by atoms with Crippen LogP contribution in [0.1, 0.15) is 11.1 Å². The number of para-hydroxylation sites is 2. The first-order chi connectivity index (χ1) is 13.3. The zero-order valence-corrected chi connectivity index (χ0v) is 17.1. The van der Waals surface area contributed by atoms with E-state index in [0.29, 0.717) is 16.1 Å². The van der Waals surface area contributed by atoms with Crippen LogP contribution in [0.5, 0.6) is 0 Å². The van der Waals surface area contributed by atoms with Crippen molar-refractivity contribution < 1.29 is 13.5 Å². The van der Waals surface area contributed by atoms with Gasteiger partial charge in [-0.25, -0.2) is 13.4 Å². The highest BCUT2D eigenvalue weighted by Gasteiger charge is 2.38. The molecule has 1 saturated heterocycles. The number of fused-ring (bicyclic) bond motifs is 1. The number of sulfone groups is 1. The van der Waals surface area contributed by atoms with Gasteiger partial charge in [0.15, 0.2) is 15.0 Å². The Labute approximate surface area is 167 Å². The zero-order chi connectivity index (χ0) is 20.1. The predicted octanol–water partition coefficient (Wildman–Crippen LogP) is 2.25. The minimum absolute atomic E-state index is 0.131. The summed E-state index contributed by atoms with van der Waals surface area (Å²) >= 11 is 1.15. The Hall–Kier alpha value is -2.16. The first kappa shape index (κ1) is 19.2. The van der Waals surface area contributed by atoms with Crippen LogP contribution in [0.25, 0.3) is 16.6 Å². The number of aromatic nitrogens is 2. The lowest BCUT2D eigenvalue weighted by Gasteiger charge is -2.19. The number of rotatable bonds is 3. The Balaban J connectivity index is 1.96. The van der Waals surface area contributed by atoms with E-state index in [9.17, 15) is 18.3 Å². The minimum atomic E-state index is -3.30. The topological polar surface area (TPSA) is 89.3 Å². The number of aliphatic hydroxyl groups is 1. The SMILES string of the molecule is Cc1cccc(C)c1-n1c(S[C@@H]2CS(=O)(=O)C[C@@H]2O)nc2ccccc2c1=O. The van der Waals surface area contributed by atoms with Crippen LogP contribution in [-0.4, -0.2) is 45.9 Å². The van der Waals surface area contributed by atoms with Crippen molar-refractivity contribution in [1.82, 2.24) is 9.55 Å². The highest BCUT2D eigenvalue weighted by molar-refractivity contribution is 8.01. The van der Waals surface area contributed by atoms with Crippen LogP contribution in [0.4, 0.5) is 0 Å². The van der Waals surface area contributed by atoms with Crippen molar-refractivity contribution >= 4 is 32.5 Å². The molecular formula is C20H20N2O4S2. The van der Waals surface area contributed by atoms with Gasteiger partial charge in [-0.1, -0.05) is 42.1 Å². The molecule has 0 aliphatic carbocycles. The van der Waals surface area contributed by atoms with Crippen LogP contribution in [0.3, 0.4) is 0 Å². The van der Waals surface area contributed by atoms with Crippen molar-refractivity contribution in [2.24, 2.45) is 0 Å². The van der Waals surface area contributed by atoms with Gasteiger partial charge in [0.05, 0.1) is 39.4 Å². The first-order valence-corrected chi connectivity index (χ1v) is 11.6. The molecule has 0 radical (unpaired) electrons. The third-order valence-electron chi connectivity index (χ3n) is 4.94. The molecule has 4 rings (SSSR count). The molecule has 1 aliphatic heterocycles. The predicted molar refractivity (Wildman–Crippen MR) is 111 cm³/mol. The molecule has 146 valence electrons. The Morgan fingerprint density at radius 2 is 1.75 bits per heavy atom. The summed E-state index contributed by atoms with van der Waals surface area (Å²) in [5.41, 5.74) is 2.92. The van der Waals surface area contributed by atoms with Crippen molar-refractivity contribution in [3.05, 3.63) is 63.9 Å². The molecule has 0 amide bonds. The van der Waals surface area contributed by atoms with Gasteiger partial charge in [0.2, 0.25) is 0 Å². The lowest BCUT2D eigenvalue weighted by molar-refractivity contribution is 0.207. The molecule has 1 aromatic heterocycles. The van der Waals surface area contributed by atoms with Crippen LogP contribution >= 0.6 is 11.8 Å². The summed E-state index contributed by atoms with van der Waals surface area (Å²) < 4.78 is 25.4. The molecule has 1 fully saturated rings. The van der Waals surface area contributed by atoms with Gasteiger partial charge >= 0.3 is 0 Å². The number of aryl methyl sites for hydroxylation is 2. The van der Waals surface area contributed by atoms with Crippen molar-refractivity contribution in [3.8, 4) is 5.69 Å². The number of aliphatic hydroxyl groups excluding tert-OH is 1. The van der Waals surface area contributed by atoms with Gasteiger partial charge < -0.3 is 5.11 Å². The van der Waals surface area contributed by atoms with Crippen LogP contribution in [0.15, 0.2) is 52.4 Å². The number of nitrogens with zero attached hydrogens (tertiary/aromatic N) is 2. The van der Waals surface area contributed by atoms with Gasteiger partial charge in [-0.3, -0.25) is 9.36 Å². The van der Waals surface area contributed by atoms with Gasteiger partial charge in [-0.15, -0.1) is 0 Å². The molecule has 3 aromatic rings. The average Bonchev–Trinajstić information content (AvgIpc) is 2.89. The van der Waals surface area contributed by atoms with Crippen LogP contribution in [0.2, 0.25) is 0 Å². The fourth-order valence-corrected chi connectivity index (χ4v) is 7.17. The smallest absolute Gasteiger partial charge is 0.266 e. The van der Waals surface area contributed by atoms with Crippen molar-refractivity contribution in [2.75, 3.05) is 11.5 Å². The van der Waals surface area contributed by atoms with Gasteiger partial charge in [0.25, 0.3) is 5.56 Å². The summed E-state index contributed by atoms with van der Waals surface area (Å²) in [6.45, 7) is 3.85. The van der Waals surface area contributed by atoms with E-state index in [2.05, 4.69) is 4.98 Å². The summed E-state index contributed by atoms with van der Waals surface area (Å²) in [6, 6.07) is 12.9. The fourth-order valence-electron chi connectivity index (χ4n) is 3.59. The molecule has 28 heavy (non-hydrogen) atoms. The number of thioether (sulfide) groups is 1. The summed E-state index contributed by atoms with van der Waals surface area (Å²) in [4.78, 5) is 18.0. The Kier molecular flexibility index (Phi) is 4.81. The molecule has 1 aliphatic rings. The molecule has 2 heterocycles. The molecule has 0 spiro atoms. The van der Waals surface area contributed by atoms with E-state index >= 15 is 0 Å². The Morgan fingerprint density at radius 3 is 2.39 bits per heavy atom. The first-order valence-electron chi connectivity index (χ1n) is 8.90. The maximum atomic E-state index is 13.4. The second-order valence-electron chi connectivity index (χ2n) is 7.09. The highest BCUT2D eigenvalue weighted by atomic mass is 32.2. The quantitative estimate of drug-likeness (QED) is 0.659. The molecule has 0 bridgehead atoms. The van der Waals surface area contributed by atoms with Gasteiger partial charge in [0, 0.05) is 0 Å². The highest BCUT2D eigenvalue weighted by Crippen LogP contribution is 2.32. The number of hydrogen-bond acceptors (Lipinski definition) is 6. The zero-order valence-electron chi connectivity index (χ0n) is 15.5. The largest absolute Gasteiger partial charge is 0.391 e. The van der Waals surface area contributed by atoms with E-state index in [1.54, 1.807) is 28.8 Å². The lowest BCUT2D eigenvalue weighted by atomic mass is 10.1. The monoisotopic (exact) mass is 416 g/mol. The fraction of sp³-hybridized carbons (Fsp3) is 0.300. The average molecular weight is 417 g/mol. The van der Waals surface area contributed by atoms with Crippen LogP contribution in [-0.2, 0) is 9.84 Å². The second-order valence-corrected chi connectivity index (χ2v) is 10.5. The van der Waals surface area contributed by atoms with Gasteiger partial charge in [-0.2, -0.15) is 0 Å². The molecule has 2 atom stereocenters. The summed E-state index contributed by atoms with van der Waals surface area (Å²) in [7, 11) is -3.30. The second kappa shape index (κ2) is 7.02. The molecular weight excluding hydrogens is 396 g/mol. The van der Waals surface area contributed by atoms with E-state index in [-0.39, 0.29) is 17.1 Å².